The third kappa shape index (κ3) is 4.24. The van der Waals surface area contributed by atoms with Gasteiger partial charge in [-0.05, 0) is 49.4 Å². The molecule has 0 saturated carbocycles. The molecule has 0 atom stereocenters. The molecule has 4 aromatic rings. The number of aromatic nitrogens is 2. The summed E-state index contributed by atoms with van der Waals surface area (Å²) in [7, 11) is -4.24. The molecule has 164 valence electrons. The molecule has 0 saturated heterocycles. The maximum absolute atomic E-state index is 14.2. The van der Waals surface area contributed by atoms with Gasteiger partial charge in [-0.3, -0.25) is 9.20 Å². The number of hydrogen-bond donors (Lipinski definition) is 0. The largest absolute Gasteiger partial charge is 0.435 e. The first-order valence-electron chi connectivity index (χ1n) is 9.68. The predicted molar refractivity (Wildman–Crippen MR) is 120 cm³/mol. The van der Waals surface area contributed by atoms with Crippen LogP contribution in [0.2, 0.25) is 0 Å². The molecule has 9 heteroatoms. The summed E-state index contributed by atoms with van der Waals surface area (Å²) in [5.41, 5.74) is 0.0489. The van der Waals surface area contributed by atoms with Crippen LogP contribution in [0, 0.1) is 24.1 Å². The van der Waals surface area contributed by atoms with Crippen LogP contribution in [0.4, 0.5) is 4.39 Å². The third-order valence-corrected chi connectivity index (χ3v) is 6.46. The first kappa shape index (κ1) is 21.9. The van der Waals surface area contributed by atoms with E-state index in [9.17, 15) is 22.9 Å². The van der Waals surface area contributed by atoms with Crippen LogP contribution in [-0.2, 0) is 9.84 Å². The number of hydrogen-bond acceptors (Lipinski definition) is 6. The highest BCUT2D eigenvalue weighted by Gasteiger charge is 2.24. The molecule has 0 N–H and O–H groups in total. The highest BCUT2D eigenvalue weighted by molar-refractivity contribution is 7.95. The van der Waals surface area contributed by atoms with Gasteiger partial charge in [0.15, 0.2) is 11.6 Å². The average Bonchev–Trinajstić information content (AvgIpc) is 2.80. The standard InChI is InChI=1S/C24H16FN3O4S/c1-16-9-11-17(12-10-16)33(30,31)18(15-26)14-19-23(32-21-7-3-2-6-20(21)25)27-22-8-4-5-13-28(22)24(19)29/h2-14H,1H3. The summed E-state index contributed by atoms with van der Waals surface area (Å²) < 4.78 is 47.0. The van der Waals surface area contributed by atoms with E-state index in [0.717, 1.165) is 11.6 Å². The molecule has 2 aromatic carbocycles. The Morgan fingerprint density at radius 2 is 1.79 bits per heavy atom. The van der Waals surface area contributed by atoms with Gasteiger partial charge in [-0.15, -0.1) is 0 Å². The number of rotatable bonds is 5. The molecule has 4 rings (SSSR count). The molecule has 0 amide bonds. The van der Waals surface area contributed by atoms with E-state index in [1.807, 2.05) is 0 Å². The molecule has 0 aliphatic carbocycles. The van der Waals surface area contributed by atoms with Crippen molar-refractivity contribution >= 4 is 21.6 Å². The van der Waals surface area contributed by atoms with E-state index in [4.69, 9.17) is 4.74 Å². The summed E-state index contributed by atoms with van der Waals surface area (Å²) >= 11 is 0. The van der Waals surface area contributed by atoms with Gasteiger partial charge in [-0.2, -0.15) is 10.2 Å². The molecule has 2 heterocycles. The van der Waals surface area contributed by atoms with Crippen molar-refractivity contribution in [2.45, 2.75) is 11.8 Å². The molecule has 7 nitrogen and oxygen atoms in total. The summed E-state index contributed by atoms with van der Waals surface area (Å²) in [5.74, 6) is -1.24. The van der Waals surface area contributed by atoms with Gasteiger partial charge in [0, 0.05) is 6.20 Å². The predicted octanol–water partition coefficient (Wildman–Crippen LogP) is 4.27. The molecule has 0 aliphatic heterocycles. The Hall–Kier alpha value is -4.29. The van der Waals surface area contributed by atoms with Gasteiger partial charge in [0.1, 0.15) is 22.2 Å². The van der Waals surface area contributed by atoms with Crippen LogP contribution in [0.5, 0.6) is 11.6 Å². The average molecular weight is 461 g/mol. The Bertz CT molecular complexity index is 1600. The number of allylic oxidation sites excluding steroid dienone is 1. The fourth-order valence-electron chi connectivity index (χ4n) is 3.06. The van der Waals surface area contributed by atoms with Crippen LogP contribution in [0.1, 0.15) is 11.1 Å². The highest BCUT2D eigenvalue weighted by Crippen LogP contribution is 2.28. The summed E-state index contributed by atoms with van der Waals surface area (Å²) in [6.45, 7) is 1.80. The van der Waals surface area contributed by atoms with Gasteiger partial charge in [-0.25, -0.2) is 12.8 Å². The van der Waals surface area contributed by atoms with Gasteiger partial charge in [-0.1, -0.05) is 35.9 Å². The Labute approximate surface area is 188 Å². The third-order valence-electron chi connectivity index (χ3n) is 4.78. The second-order valence-electron chi connectivity index (χ2n) is 7.03. The Kier molecular flexibility index (Phi) is 5.77. The van der Waals surface area contributed by atoms with Crippen LogP contribution >= 0.6 is 0 Å². The van der Waals surface area contributed by atoms with Crippen LogP contribution in [-0.4, -0.2) is 17.8 Å². The molecule has 0 radical (unpaired) electrons. The van der Waals surface area contributed by atoms with E-state index < -0.39 is 26.1 Å². The number of halogens is 1. The minimum atomic E-state index is -4.24. The van der Waals surface area contributed by atoms with E-state index in [0.29, 0.717) is 0 Å². The number of fused-ring (bicyclic) bond motifs is 1. The lowest BCUT2D eigenvalue weighted by atomic mass is 10.2. The van der Waals surface area contributed by atoms with Gasteiger partial charge >= 0.3 is 0 Å². The second-order valence-corrected chi connectivity index (χ2v) is 8.95. The smallest absolute Gasteiger partial charge is 0.269 e. The van der Waals surface area contributed by atoms with E-state index in [-0.39, 0.29) is 27.7 Å². The first-order valence-corrected chi connectivity index (χ1v) is 11.2. The lowest BCUT2D eigenvalue weighted by Crippen LogP contribution is -2.19. The summed E-state index contributed by atoms with van der Waals surface area (Å²) in [6, 6.07) is 17.9. The fraction of sp³-hybridized carbons (Fsp3) is 0.0417. The van der Waals surface area contributed by atoms with E-state index >= 15 is 0 Å². The van der Waals surface area contributed by atoms with Gasteiger partial charge < -0.3 is 4.74 Å². The lowest BCUT2D eigenvalue weighted by molar-refractivity contribution is 0.426. The maximum atomic E-state index is 14.2. The molecular weight excluding hydrogens is 445 g/mol. The fourth-order valence-corrected chi connectivity index (χ4v) is 4.20. The number of nitriles is 1. The number of para-hydroxylation sites is 1. The highest BCUT2D eigenvalue weighted by atomic mass is 32.2. The van der Waals surface area contributed by atoms with Crippen molar-refractivity contribution in [3.8, 4) is 17.7 Å². The quantitative estimate of drug-likeness (QED) is 0.411. The van der Waals surface area contributed by atoms with Gasteiger partial charge in [0.25, 0.3) is 5.56 Å². The van der Waals surface area contributed by atoms with E-state index in [2.05, 4.69) is 4.98 Å². The van der Waals surface area contributed by atoms with Crippen LogP contribution in [0.25, 0.3) is 11.7 Å². The van der Waals surface area contributed by atoms with Gasteiger partial charge in [0.2, 0.25) is 15.7 Å². The Morgan fingerprint density at radius 1 is 1.09 bits per heavy atom. The van der Waals surface area contributed by atoms with Crippen molar-refractivity contribution in [3.63, 3.8) is 0 Å². The SMILES string of the molecule is Cc1ccc(S(=O)(=O)C(C#N)=Cc2c(Oc3ccccc3F)nc3ccccn3c2=O)cc1. The topological polar surface area (TPSA) is 102 Å². The van der Waals surface area contributed by atoms with E-state index in [1.165, 1.54) is 53.1 Å². The molecular formula is C24H16FN3O4S. The Morgan fingerprint density at radius 3 is 2.48 bits per heavy atom. The van der Waals surface area contributed by atoms with Crippen LogP contribution in [0.3, 0.4) is 0 Å². The monoisotopic (exact) mass is 461 g/mol. The zero-order valence-electron chi connectivity index (χ0n) is 17.3. The lowest BCUT2D eigenvalue weighted by Gasteiger charge is -2.11. The summed E-state index contributed by atoms with van der Waals surface area (Å²) in [4.78, 5) is 16.6. The number of benzene rings is 2. The van der Waals surface area contributed by atoms with Crippen molar-refractivity contribution in [1.29, 1.82) is 5.26 Å². The van der Waals surface area contributed by atoms with Gasteiger partial charge in [0.05, 0.1) is 4.90 Å². The molecule has 0 bridgehead atoms. The minimum Gasteiger partial charge on any atom is -0.435 e. The van der Waals surface area contributed by atoms with Crippen molar-refractivity contribution in [1.82, 2.24) is 9.38 Å². The minimum absolute atomic E-state index is 0.105. The molecule has 0 fully saturated rings. The zero-order valence-corrected chi connectivity index (χ0v) is 18.1. The molecule has 0 spiro atoms. The molecule has 0 aliphatic rings. The first-order chi connectivity index (χ1) is 15.8. The summed E-state index contributed by atoms with van der Waals surface area (Å²) in [6.07, 6.45) is 2.34. The van der Waals surface area contributed by atoms with Crippen molar-refractivity contribution in [2.75, 3.05) is 0 Å². The Balaban J connectivity index is 1.95. The van der Waals surface area contributed by atoms with Crippen LogP contribution in [0.15, 0.2) is 87.5 Å². The maximum Gasteiger partial charge on any atom is 0.269 e. The number of aryl methyl sites for hydroxylation is 1. The zero-order chi connectivity index (χ0) is 23.6. The molecule has 33 heavy (non-hydrogen) atoms. The second kappa shape index (κ2) is 8.68. The number of pyridine rings is 1. The number of nitrogens with zero attached hydrogens (tertiary/aromatic N) is 3. The van der Waals surface area contributed by atoms with E-state index in [1.54, 1.807) is 37.3 Å². The molecule has 0 unspecified atom stereocenters. The van der Waals surface area contributed by atoms with Crippen LogP contribution < -0.4 is 10.3 Å². The normalized spacial score (nSPS) is 11.8. The van der Waals surface area contributed by atoms with Crippen molar-refractivity contribution in [3.05, 3.63) is 105 Å². The number of sulfone groups is 1. The molecule has 2 aromatic heterocycles. The van der Waals surface area contributed by atoms with Crippen molar-refractivity contribution in [2.24, 2.45) is 0 Å². The number of ether oxygens (including phenoxy) is 1. The van der Waals surface area contributed by atoms with Crippen molar-refractivity contribution < 1.29 is 17.5 Å². The summed E-state index contributed by atoms with van der Waals surface area (Å²) in [5, 5.41) is 9.64.